The van der Waals surface area contributed by atoms with Crippen molar-refractivity contribution in [2.24, 2.45) is 4.99 Å². The number of rotatable bonds is 7. The number of carbonyl (C=O) groups excluding carboxylic acids is 2. The Morgan fingerprint density at radius 3 is 2.17 bits per heavy atom. The van der Waals surface area contributed by atoms with Crippen LogP contribution in [0.3, 0.4) is 0 Å². The Bertz CT molecular complexity index is 962. The zero-order valence-corrected chi connectivity index (χ0v) is 16.2. The molecule has 0 aliphatic heterocycles. The lowest BCUT2D eigenvalue weighted by Crippen LogP contribution is -2.17. The van der Waals surface area contributed by atoms with E-state index in [1.54, 1.807) is 31.3 Å². The minimum absolute atomic E-state index is 0.0615. The fourth-order valence-corrected chi connectivity index (χ4v) is 2.26. The molecule has 0 saturated carbocycles. The summed E-state index contributed by atoms with van der Waals surface area (Å²) in [6, 6.07) is 14.6. The molecule has 0 bridgehead atoms. The van der Waals surface area contributed by atoms with Crippen LogP contribution in [0.15, 0.2) is 65.0 Å². The molecule has 2 rings (SSSR count). The average Bonchev–Trinajstić information content (AvgIpc) is 2.75. The summed E-state index contributed by atoms with van der Waals surface area (Å²) in [5.74, 6) is 6.07. The van der Waals surface area contributed by atoms with E-state index in [0.29, 0.717) is 24.2 Å². The summed E-state index contributed by atoms with van der Waals surface area (Å²) in [7, 11) is 1.59. The molecule has 29 heavy (non-hydrogen) atoms. The standard InChI is InChI=1S/C22H22N4O3/c1-16(28)21(26-14-24-15-27)13-25-20-11-7-18(8-12-20)4-3-17-5-9-19(10-6-17)22(29)23-2/h5-12,14-15,25,28H,13H2,1-2H3,(H,23,29)(H,24,26,27)/b21-16+. The van der Waals surface area contributed by atoms with Gasteiger partial charge in [-0.3, -0.25) is 9.59 Å². The number of aliphatic imine (C=N–C) groups is 1. The van der Waals surface area contributed by atoms with E-state index in [0.717, 1.165) is 16.8 Å². The van der Waals surface area contributed by atoms with Crippen LogP contribution in [-0.2, 0) is 4.79 Å². The van der Waals surface area contributed by atoms with Crippen LogP contribution < -0.4 is 16.0 Å². The van der Waals surface area contributed by atoms with E-state index in [9.17, 15) is 14.7 Å². The summed E-state index contributed by atoms with van der Waals surface area (Å²) in [5.41, 5.74) is 3.49. The predicted molar refractivity (Wildman–Crippen MR) is 114 cm³/mol. The highest BCUT2D eigenvalue weighted by Crippen LogP contribution is 2.11. The van der Waals surface area contributed by atoms with Crippen molar-refractivity contribution in [3.8, 4) is 11.8 Å². The topological polar surface area (TPSA) is 103 Å². The normalized spacial score (nSPS) is 11.1. The molecule has 0 saturated heterocycles. The molecule has 0 spiro atoms. The molecule has 0 atom stereocenters. The highest BCUT2D eigenvalue weighted by Gasteiger charge is 2.02. The number of carbonyl (C=O) groups is 2. The molecule has 0 fully saturated rings. The van der Waals surface area contributed by atoms with Crippen LogP contribution in [0, 0.1) is 11.8 Å². The van der Waals surface area contributed by atoms with E-state index in [2.05, 4.69) is 32.8 Å². The Hall–Kier alpha value is -4.05. The van der Waals surface area contributed by atoms with Crippen LogP contribution >= 0.6 is 0 Å². The van der Waals surface area contributed by atoms with Gasteiger partial charge in [-0.2, -0.15) is 0 Å². The van der Waals surface area contributed by atoms with Crippen molar-refractivity contribution in [3.63, 3.8) is 0 Å². The van der Waals surface area contributed by atoms with Crippen molar-refractivity contribution in [1.82, 2.24) is 10.6 Å². The number of nitrogens with zero attached hydrogens (tertiary/aromatic N) is 1. The number of aliphatic hydroxyl groups is 1. The quantitative estimate of drug-likeness (QED) is 0.192. The molecular weight excluding hydrogens is 368 g/mol. The Balaban J connectivity index is 1.98. The van der Waals surface area contributed by atoms with Gasteiger partial charge in [0.25, 0.3) is 5.91 Å². The van der Waals surface area contributed by atoms with Crippen LogP contribution in [0.2, 0.25) is 0 Å². The molecular formula is C22H22N4O3. The predicted octanol–water partition coefficient (Wildman–Crippen LogP) is 2.42. The third kappa shape index (κ3) is 6.88. The summed E-state index contributed by atoms with van der Waals surface area (Å²) < 4.78 is 0. The average molecular weight is 390 g/mol. The maximum Gasteiger partial charge on any atom is 0.251 e. The SMILES string of the molecule is CNC(=O)c1ccc(C#Cc2ccc(NC/C(N=CNC=O)=C(/C)O)cc2)cc1. The smallest absolute Gasteiger partial charge is 0.251 e. The second kappa shape index (κ2) is 10.9. The summed E-state index contributed by atoms with van der Waals surface area (Å²) in [5, 5.41) is 17.7. The summed E-state index contributed by atoms with van der Waals surface area (Å²) in [6.45, 7) is 1.82. The van der Waals surface area contributed by atoms with Gasteiger partial charge in [0.15, 0.2) is 0 Å². The second-order valence-corrected chi connectivity index (χ2v) is 5.91. The van der Waals surface area contributed by atoms with Crippen molar-refractivity contribution in [3.05, 3.63) is 76.7 Å². The van der Waals surface area contributed by atoms with Gasteiger partial charge in [-0.15, -0.1) is 0 Å². The van der Waals surface area contributed by atoms with E-state index < -0.39 is 0 Å². The van der Waals surface area contributed by atoms with Crippen LogP contribution in [0.4, 0.5) is 5.69 Å². The monoisotopic (exact) mass is 390 g/mol. The molecule has 148 valence electrons. The van der Waals surface area contributed by atoms with Crippen molar-refractivity contribution in [1.29, 1.82) is 0 Å². The molecule has 0 heterocycles. The van der Waals surface area contributed by atoms with Gasteiger partial charge < -0.3 is 21.1 Å². The van der Waals surface area contributed by atoms with Gasteiger partial charge in [-0.25, -0.2) is 4.99 Å². The van der Waals surface area contributed by atoms with Gasteiger partial charge in [0, 0.05) is 29.4 Å². The van der Waals surface area contributed by atoms with Gasteiger partial charge in [0.05, 0.1) is 18.6 Å². The first-order valence-corrected chi connectivity index (χ1v) is 8.82. The van der Waals surface area contributed by atoms with Gasteiger partial charge >= 0.3 is 0 Å². The van der Waals surface area contributed by atoms with Gasteiger partial charge in [-0.1, -0.05) is 11.8 Å². The highest BCUT2D eigenvalue weighted by atomic mass is 16.3. The van der Waals surface area contributed by atoms with Gasteiger partial charge in [0.1, 0.15) is 5.76 Å². The van der Waals surface area contributed by atoms with Crippen LogP contribution in [0.25, 0.3) is 0 Å². The zero-order chi connectivity index (χ0) is 21.1. The molecule has 2 aromatic rings. The van der Waals surface area contributed by atoms with Crippen molar-refractivity contribution >= 4 is 24.3 Å². The Morgan fingerprint density at radius 1 is 1.07 bits per heavy atom. The summed E-state index contributed by atoms with van der Waals surface area (Å²) >= 11 is 0. The molecule has 0 unspecified atom stereocenters. The third-order valence-electron chi connectivity index (χ3n) is 3.85. The molecule has 0 aromatic heterocycles. The number of aliphatic hydroxyl groups excluding tert-OH is 1. The maximum atomic E-state index is 11.5. The van der Waals surface area contributed by atoms with Crippen LogP contribution in [0.1, 0.15) is 28.4 Å². The minimum Gasteiger partial charge on any atom is -0.511 e. The number of nitrogens with one attached hydrogen (secondary N) is 3. The Morgan fingerprint density at radius 2 is 1.66 bits per heavy atom. The number of amides is 2. The third-order valence-corrected chi connectivity index (χ3v) is 3.85. The van der Waals surface area contributed by atoms with Crippen molar-refractivity contribution in [2.75, 3.05) is 18.9 Å². The molecule has 0 radical (unpaired) electrons. The number of allylic oxidation sites excluding steroid dienone is 1. The molecule has 2 aromatic carbocycles. The highest BCUT2D eigenvalue weighted by molar-refractivity contribution is 5.94. The first-order chi connectivity index (χ1) is 14.0. The van der Waals surface area contributed by atoms with Crippen molar-refractivity contribution in [2.45, 2.75) is 6.92 Å². The first kappa shape index (κ1) is 21.3. The molecule has 0 aliphatic carbocycles. The minimum atomic E-state index is -0.132. The van der Waals surface area contributed by atoms with Crippen LogP contribution in [-0.4, -0.2) is 37.4 Å². The first-order valence-electron chi connectivity index (χ1n) is 8.82. The summed E-state index contributed by atoms with van der Waals surface area (Å²) in [4.78, 5) is 25.8. The number of hydrogen-bond donors (Lipinski definition) is 4. The Labute approximate surface area is 169 Å². The number of benzene rings is 2. The zero-order valence-electron chi connectivity index (χ0n) is 16.2. The molecule has 0 aliphatic rings. The lowest BCUT2D eigenvalue weighted by atomic mass is 10.1. The maximum absolute atomic E-state index is 11.5. The van der Waals surface area contributed by atoms with E-state index in [1.807, 2.05) is 24.3 Å². The van der Waals surface area contributed by atoms with Crippen molar-refractivity contribution < 1.29 is 14.7 Å². The van der Waals surface area contributed by atoms with E-state index >= 15 is 0 Å². The molecule has 7 nitrogen and oxygen atoms in total. The second-order valence-electron chi connectivity index (χ2n) is 5.91. The van der Waals surface area contributed by atoms with Gasteiger partial charge in [0.2, 0.25) is 6.41 Å². The van der Waals surface area contributed by atoms with E-state index in [1.165, 1.54) is 13.3 Å². The lowest BCUT2D eigenvalue weighted by molar-refractivity contribution is -0.108. The molecule has 7 heteroatoms. The van der Waals surface area contributed by atoms with Gasteiger partial charge in [-0.05, 0) is 55.5 Å². The van der Waals surface area contributed by atoms with Crippen LogP contribution in [0.5, 0.6) is 0 Å². The van der Waals surface area contributed by atoms with E-state index in [-0.39, 0.29) is 11.7 Å². The number of anilines is 1. The molecule has 2 amide bonds. The fraction of sp³-hybridized carbons (Fsp3) is 0.136. The Kier molecular flexibility index (Phi) is 8.02. The lowest BCUT2D eigenvalue weighted by Gasteiger charge is -2.07. The summed E-state index contributed by atoms with van der Waals surface area (Å²) in [6.07, 6.45) is 1.71. The molecule has 4 N–H and O–H groups in total. The fourth-order valence-electron chi connectivity index (χ4n) is 2.26. The number of hydrogen-bond acceptors (Lipinski definition) is 5. The largest absolute Gasteiger partial charge is 0.511 e. The van der Waals surface area contributed by atoms with E-state index in [4.69, 9.17) is 0 Å².